The second kappa shape index (κ2) is 5.51. The molecule has 1 aliphatic heterocycles. The molecule has 21 heavy (non-hydrogen) atoms. The van der Waals surface area contributed by atoms with Gasteiger partial charge in [0, 0.05) is 12.0 Å². The van der Waals surface area contributed by atoms with E-state index in [1.807, 2.05) is 24.3 Å². The monoisotopic (exact) mass is 289 g/mol. The number of nitrogens with one attached hydrogen (secondary N) is 1. The van der Waals surface area contributed by atoms with E-state index in [1.165, 1.54) is 6.92 Å². The summed E-state index contributed by atoms with van der Waals surface area (Å²) in [5.74, 6) is 1.16. The molecule has 3 rings (SSSR count). The number of hydrogen-bond donors (Lipinski definition) is 2. The van der Waals surface area contributed by atoms with Crippen LogP contribution >= 0.6 is 0 Å². The first-order chi connectivity index (χ1) is 10.1. The van der Waals surface area contributed by atoms with Gasteiger partial charge in [0.05, 0.1) is 12.6 Å². The predicted octanol–water partition coefficient (Wildman–Crippen LogP) is 2.42. The van der Waals surface area contributed by atoms with Crippen molar-refractivity contribution in [3.05, 3.63) is 35.7 Å². The van der Waals surface area contributed by atoms with Gasteiger partial charge in [-0.15, -0.1) is 0 Å². The first-order valence-corrected chi connectivity index (χ1v) is 6.77. The van der Waals surface area contributed by atoms with Gasteiger partial charge in [0.25, 0.3) is 0 Å². The summed E-state index contributed by atoms with van der Waals surface area (Å²) in [4.78, 5) is 11.9. The summed E-state index contributed by atoms with van der Waals surface area (Å²) in [5, 5.41) is 3.18. The molecule has 0 bridgehead atoms. The lowest BCUT2D eigenvalue weighted by molar-refractivity contribution is 0.274. The molecule has 0 fully saturated rings. The van der Waals surface area contributed by atoms with Crippen LogP contribution < -0.4 is 15.8 Å². The number of anilines is 2. The Morgan fingerprint density at radius 2 is 2.14 bits per heavy atom. The van der Waals surface area contributed by atoms with Crippen molar-refractivity contribution in [1.82, 2.24) is 15.0 Å². The molecule has 2 heterocycles. The summed E-state index contributed by atoms with van der Waals surface area (Å²) in [7, 11) is 0. The fraction of sp³-hybridized carbons (Fsp3) is 0.357. The number of nitrogens with zero attached hydrogens (tertiary/aromatic N) is 3. The van der Waals surface area contributed by atoms with E-state index in [4.69, 9.17) is 10.5 Å². The van der Waals surface area contributed by atoms with E-state index < -0.39 is 6.17 Å². The van der Waals surface area contributed by atoms with Crippen LogP contribution in [0, 0.1) is 0 Å². The summed E-state index contributed by atoms with van der Waals surface area (Å²) in [6.07, 6.45) is -0.527. The standard InChI is InChI=1S/C14H16FN5O/c1-8(15)12-18-13(16)20-14(19-12)17-10-6-7-21-11-5-3-2-4-9(10)11/h2-5,8,10H,6-7H2,1H3,(H3,16,17,18,19,20)/t8-,10+/m0/s1. The zero-order valence-corrected chi connectivity index (χ0v) is 11.6. The highest BCUT2D eigenvalue weighted by Crippen LogP contribution is 2.33. The topological polar surface area (TPSA) is 86.0 Å². The highest BCUT2D eigenvalue weighted by molar-refractivity contribution is 5.43. The first-order valence-electron chi connectivity index (χ1n) is 6.77. The number of ether oxygens (including phenoxy) is 1. The Kier molecular flexibility index (Phi) is 3.55. The molecule has 6 nitrogen and oxygen atoms in total. The maximum absolute atomic E-state index is 13.4. The number of rotatable bonds is 3. The molecule has 1 aliphatic rings. The van der Waals surface area contributed by atoms with Crippen molar-refractivity contribution in [2.75, 3.05) is 17.7 Å². The molecular weight excluding hydrogens is 273 g/mol. The molecule has 0 spiro atoms. The number of nitrogen functional groups attached to an aromatic ring is 1. The normalized spacial score (nSPS) is 18.5. The number of alkyl halides is 1. The van der Waals surface area contributed by atoms with Gasteiger partial charge in [-0.2, -0.15) is 15.0 Å². The molecule has 110 valence electrons. The minimum absolute atomic E-state index is 0.000447. The fourth-order valence-electron chi connectivity index (χ4n) is 2.30. The Morgan fingerprint density at radius 3 is 2.95 bits per heavy atom. The molecule has 0 saturated heterocycles. The van der Waals surface area contributed by atoms with Crippen LogP contribution in [0.15, 0.2) is 24.3 Å². The van der Waals surface area contributed by atoms with Crippen LogP contribution in [0.1, 0.15) is 36.9 Å². The minimum Gasteiger partial charge on any atom is -0.493 e. The lowest BCUT2D eigenvalue weighted by Crippen LogP contribution is -2.22. The van der Waals surface area contributed by atoms with Crippen molar-refractivity contribution in [1.29, 1.82) is 0 Å². The Labute approximate surface area is 121 Å². The summed E-state index contributed by atoms with van der Waals surface area (Å²) in [5.41, 5.74) is 6.63. The quantitative estimate of drug-likeness (QED) is 0.902. The van der Waals surface area contributed by atoms with E-state index in [0.29, 0.717) is 6.61 Å². The third-order valence-electron chi connectivity index (χ3n) is 3.29. The van der Waals surface area contributed by atoms with Crippen molar-refractivity contribution >= 4 is 11.9 Å². The minimum atomic E-state index is -1.29. The van der Waals surface area contributed by atoms with E-state index in [1.54, 1.807) is 0 Å². The average molecular weight is 289 g/mol. The lowest BCUT2D eigenvalue weighted by atomic mass is 10.0. The molecule has 2 aromatic rings. The Hall–Kier alpha value is -2.44. The van der Waals surface area contributed by atoms with Gasteiger partial charge >= 0.3 is 0 Å². The van der Waals surface area contributed by atoms with Crippen LogP contribution in [-0.4, -0.2) is 21.6 Å². The van der Waals surface area contributed by atoms with Crippen molar-refractivity contribution in [3.63, 3.8) is 0 Å². The van der Waals surface area contributed by atoms with Gasteiger partial charge in [0.15, 0.2) is 12.0 Å². The highest BCUT2D eigenvalue weighted by atomic mass is 19.1. The summed E-state index contributed by atoms with van der Waals surface area (Å²) < 4.78 is 19.0. The first kappa shape index (κ1) is 13.5. The van der Waals surface area contributed by atoms with Gasteiger partial charge in [-0.05, 0) is 13.0 Å². The maximum Gasteiger partial charge on any atom is 0.228 e. The van der Waals surface area contributed by atoms with E-state index in [-0.39, 0.29) is 23.8 Å². The number of benzene rings is 1. The number of aromatic nitrogens is 3. The lowest BCUT2D eigenvalue weighted by Gasteiger charge is -2.26. The maximum atomic E-state index is 13.4. The van der Waals surface area contributed by atoms with E-state index in [2.05, 4.69) is 20.3 Å². The van der Waals surface area contributed by atoms with Crippen LogP contribution in [-0.2, 0) is 0 Å². The Balaban J connectivity index is 1.88. The van der Waals surface area contributed by atoms with Crippen LogP contribution in [0.25, 0.3) is 0 Å². The summed E-state index contributed by atoms with van der Waals surface area (Å²) >= 11 is 0. The predicted molar refractivity (Wildman–Crippen MR) is 76.7 cm³/mol. The fourth-order valence-corrected chi connectivity index (χ4v) is 2.30. The van der Waals surface area contributed by atoms with E-state index in [9.17, 15) is 4.39 Å². The summed E-state index contributed by atoms with van der Waals surface area (Å²) in [6.45, 7) is 1.96. The average Bonchev–Trinajstić information content (AvgIpc) is 2.47. The molecule has 0 saturated carbocycles. The van der Waals surface area contributed by atoms with Crippen molar-refractivity contribution < 1.29 is 9.13 Å². The van der Waals surface area contributed by atoms with Gasteiger partial charge in [-0.3, -0.25) is 0 Å². The molecular formula is C14H16FN5O. The molecule has 0 unspecified atom stereocenters. The van der Waals surface area contributed by atoms with Crippen molar-refractivity contribution in [3.8, 4) is 5.75 Å². The molecule has 0 radical (unpaired) electrons. The molecule has 7 heteroatoms. The van der Waals surface area contributed by atoms with Crippen LogP contribution in [0.4, 0.5) is 16.3 Å². The van der Waals surface area contributed by atoms with Crippen molar-refractivity contribution in [2.24, 2.45) is 0 Å². The van der Waals surface area contributed by atoms with Gasteiger partial charge in [-0.25, -0.2) is 4.39 Å². The third-order valence-corrected chi connectivity index (χ3v) is 3.29. The second-order valence-electron chi connectivity index (χ2n) is 4.86. The molecule has 3 N–H and O–H groups in total. The zero-order chi connectivity index (χ0) is 14.8. The van der Waals surface area contributed by atoms with E-state index >= 15 is 0 Å². The largest absolute Gasteiger partial charge is 0.493 e. The highest BCUT2D eigenvalue weighted by Gasteiger charge is 2.22. The van der Waals surface area contributed by atoms with Crippen LogP contribution in [0.3, 0.4) is 0 Å². The van der Waals surface area contributed by atoms with E-state index in [0.717, 1.165) is 17.7 Å². The number of halogens is 1. The number of fused-ring (bicyclic) bond motifs is 1. The zero-order valence-electron chi connectivity index (χ0n) is 11.6. The van der Waals surface area contributed by atoms with Gasteiger partial charge in [0.1, 0.15) is 5.75 Å². The van der Waals surface area contributed by atoms with Crippen LogP contribution in [0.2, 0.25) is 0 Å². The Bertz CT molecular complexity index is 649. The SMILES string of the molecule is C[C@H](F)c1nc(N)nc(N[C@@H]2CCOc3ccccc32)n1. The number of para-hydroxylation sites is 1. The number of nitrogens with two attached hydrogens (primary N) is 1. The molecule has 0 amide bonds. The molecule has 1 aromatic carbocycles. The van der Waals surface area contributed by atoms with Gasteiger partial charge in [0.2, 0.25) is 11.9 Å². The van der Waals surface area contributed by atoms with Gasteiger partial charge in [-0.1, -0.05) is 18.2 Å². The van der Waals surface area contributed by atoms with Crippen molar-refractivity contribution in [2.45, 2.75) is 25.6 Å². The molecule has 2 atom stereocenters. The smallest absolute Gasteiger partial charge is 0.228 e. The molecule has 1 aromatic heterocycles. The molecule has 0 aliphatic carbocycles. The summed E-state index contributed by atoms with van der Waals surface area (Å²) in [6, 6.07) is 7.76. The van der Waals surface area contributed by atoms with Gasteiger partial charge < -0.3 is 15.8 Å². The third kappa shape index (κ3) is 2.86. The number of hydrogen-bond acceptors (Lipinski definition) is 6. The Morgan fingerprint density at radius 1 is 1.33 bits per heavy atom. The second-order valence-corrected chi connectivity index (χ2v) is 4.86. The van der Waals surface area contributed by atoms with Crippen LogP contribution in [0.5, 0.6) is 5.75 Å².